The van der Waals surface area contributed by atoms with Crippen molar-refractivity contribution in [2.45, 2.75) is 19.4 Å². The van der Waals surface area contributed by atoms with E-state index < -0.39 is 0 Å². The van der Waals surface area contributed by atoms with E-state index >= 15 is 0 Å². The van der Waals surface area contributed by atoms with Crippen molar-refractivity contribution in [3.63, 3.8) is 0 Å². The number of carbonyl (C=O) groups excluding carboxylic acids is 1. The number of aromatic nitrogens is 4. The number of rotatable bonds is 6. The number of amides is 1. The molecule has 1 aliphatic heterocycles. The average Bonchev–Trinajstić information content (AvgIpc) is 3.35. The molecule has 2 aromatic carbocycles. The predicted molar refractivity (Wildman–Crippen MR) is 115 cm³/mol. The normalized spacial score (nSPS) is 15.1. The number of benzene rings is 2. The van der Waals surface area contributed by atoms with E-state index in [1.165, 1.54) is 0 Å². The summed E-state index contributed by atoms with van der Waals surface area (Å²) in [7, 11) is 0. The molecule has 8 nitrogen and oxygen atoms in total. The number of morpholine rings is 1. The van der Waals surface area contributed by atoms with Gasteiger partial charge in [0, 0.05) is 31.6 Å². The molecule has 30 heavy (non-hydrogen) atoms. The Bertz CT molecular complexity index is 1140. The summed E-state index contributed by atoms with van der Waals surface area (Å²) < 4.78 is 5.39. The van der Waals surface area contributed by atoms with Gasteiger partial charge in [0.25, 0.3) is 0 Å². The lowest BCUT2D eigenvalue weighted by atomic mass is 10.2. The molecule has 0 atom stereocenters. The fourth-order valence-corrected chi connectivity index (χ4v) is 3.77. The second kappa shape index (κ2) is 8.25. The number of carbonyl (C=O) groups is 1. The van der Waals surface area contributed by atoms with E-state index in [9.17, 15) is 4.79 Å². The van der Waals surface area contributed by atoms with E-state index in [4.69, 9.17) is 4.74 Å². The van der Waals surface area contributed by atoms with E-state index in [1.807, 2.05) is 42.5 Å². The lowest BCUT2D eigenvalue weighted by Gasteiger charge is -2.25. The second-order valence-corrected chi connectivity index (χ2v) is 7.55. The van der Waals surface area contributed by atoms with Crippen LogP contribution in [0.5, 0.6) is 0 Å². The van der Waals surface area contributed by atoms with Crippen LogP contribution < -0.4 is 5.32 Å². The molecule has 8 heteroatoms. The van der Waals surface area contributed by atoms with Crippen LogP contribution in [0.2, 0.25) is 0 Å². The Morgan fingerprint density at radius 1 is 1.00 bits per heavy atom. The van der Waals surface area contributed by atoms with Crippen LogP contribution in [0.25, 0.3) is 22.1 Å². The van der Waals surface area contributed by atoms with Crippen LogP contribution in [0.1, 0.15) is 18.1 Å². The van der Waals surface area contributed by atoms with Gasteiger partial charge in [0.15, 0.2) is 0 Å². The first-order valence-corrected chi connectivity index (χ1v) is 10.3. The third-order valence-corrected chi connectivity index (χ3v) is 5.32. The second-order valence-electron chi connectivity index (χ2n) is 7.55. The highest BCUT2D eigenvalue weighted by atomic mass is 16.5. The first-order valence-electron chi connectivity index (χ1n) is 10.3. The summed E-state index contributed by atoms with van der Waals surface area (Å²) in [6, 6.07) is 13.6. The van der Waals surface area contributed by atoms with Crippen LogP contribution in [0, 0.1) is 0 Å². The third kappa shape index (κ3) is 4.19. The minimum Gasteiger partial charge on any atom is -0.379 e. The zero-order chi connectivity index (χ0) is 20.3. The fraction of sp³-hybridized carbons (Fsp3) is 0.318. The van der Waals surface area contributed by atoms with Crippen molar-refractivity contribution in [1.29, 1.82) is 0 Å². The van der Waals surface area contributed by atoms with Crippen LogP contribution in [-0.4, -0.2) is 57.0 Å². The van der Waals surface area contributed by atoms with Gasteiger partial charge in [-0.15, -0.1) is 0 Å². The molecule has 0 spiro atoms. The molecule has 5 rings (SSSR count). The molecule has 0 unspecified atom stereocenters. The molecule has 0 saturated carbocycles. The van der Waals surface area contributed by atoms with Crippen LogP contribution in [-0.2, 0) is 22.5 Å². The van der Waals surface area contributed by atoms with E-state index in [-0.39, 0.29) is 5.91 Å². The monoisotopic (exact) mass is 404 g/mol. The SMILES string of the molecule is O=C(CCc1nc2ccccc2[nH]1)Nc1ccc2nc(CN3CCOCC3)[nH]c2c1. The van der Waals surface area contributed by atoms with Gasteiger partial charge in [0.2, 0.25) is 5.91 Å². The van der Waals surface area contributed by atoms with Crippen molar-refractivity contribution in [2.75, 3.05) is 31.6 Å². The van der Waals surface area contributed by atoms with Crippen LogP contribution >= 0.6 is 0 Å². The number of aryl methyl sites for hydroxylation is 1. The summed E-state index contributed by atoms with van der Waals surface area (Å²) in [5.41, 5.74) is 4.50. The predicted octanol–water partition coefficient (Wildman–Crippen LogP) is 2.84. The number of imidazole rings is 2. The van der Waals surface area contributed by atoms with E-state index in [0.717, 1.165) is 72.3 Å². The number of anilines is 1. The van der Waals surface area contributed by atoms with Gasteiger partial charge >= 0.3 is 0 Å². The Morgan fingerprint density at radius 3 is 2.63 bits per heavy atom. The van der Waals surface area contributed by atoms with Crippen molar-refractivity contribution in [3.8, 4) is 0 Å². The van der Waals surface area contributed by atoms with Crippen molar-refractivity contribution in [1.82, 2.24) is 24.8 Å². The van der Waals surface area contributed by atoms with Gasteiger partial charge in [0.1, 0.15) is 11.6 Å². The molecule has 4 aromatic rings. The van der Waals surface area contributed by atoms with Gasteiger partial charge in [0.05, 0.1) is 41.8 Å². The molecular weight excluding hydrogens is 380 g/mol. The highest BCUT2D eigenvalue weighted by Crippen LogP contribution is 2.19. The van der Waals surface area contributed by atoms with Crippen molar-refractivity contribution in [2.24, 2.45) is 0 Å². The summed E-state index contributed by atoms with van der Waals surface area (Å²) in [4.78, 5) is 30.5. The molecule has 3 N–H and O–H groups in total. The first-order chi connectivity index (χ1) is 14.7. The number of ether oxygens (including phenoxy) is 1. The van der Waals surface area contributed by atoms with Crippen LogP contribution in [0.15, 0.2) is 42.5 Å². The summed E-state index contributed by atoms with van der Waals surface area (Å²) in [6.45, 7) is 4.15. The standard InChI is InChI=1S/C22H24N6O2/c29-22(8-7-20-24-16-3-1-2-4-17(16)25-20)23-15-5-6-18-19(13-15)27-21(26-18)14-28-9-11-30-12-10-28/h1-6,13H,7-12,14H2,(H,23,29)(H,24,25)(H,26,27). The maximum Gasteiger partial charge on any atom is 0.224 e. The minimum atomic E-state index is -0.0390. The number of aromatic amines is 2. The van der Waals surface area contributed by atoms with E-state index in [2.05, 4.69) is 30.2 Å². The maximum absolute atomic E-state index is 12.4. The average molecular weight is 404 g/mol. The Morgan fingerprint density at radius 2 is 1.77 bits per heavy atom. The Balaban J connectivity index is 1.20. The number of hydrogen-bond donors (Lipinski definition) is 3. The number of nitrogens with zero attached hydrogens (tertiary/aromatic N) is 3. The van der Waals surface area contributed by atoms with E-state index in [1.54, 1.807) is 0 Å². The smallest absolute Gasteiger partial charge is 0.224 e. The molecule has 1 saturated heterocycles. The summed E-state index contributed by atoms with van der Waals surface area (Å²) in [5.74, 6) is 1.71. The Hall–Kier alpha value is -3.23. The molecule has 1 aliphatic rings. The minimum absolute atomic E-state index is 0.0390. The topological polar surface area (TPSA) is 98.9 Å². The third-order valence-electron chi connectivity index (χ3n) is 5.32. The first kappa shape index (κ1) is 18.8. The Kier molecular flexibility index (Phi) is 5.17. The van der Waals surface area contributed by atoms with Gasteiger partial charge in [-0.1, -0.05) is 12.1 Å². The van der Waals surface area contributed by atoms with Gasteiger partial charge in [-0.3, -0.25) is 9.69 Å². The summed E-state index contributed by atoms with van der Waals surface area (Å²) in [6.07, 6.45) is 0.930. The quantitative estimate of drug-likeness (QED) is 0.459. The van der Waals surface area contributed by atoms with Gasteiger partial charge in [-0.2, -0.15) is 0 Å². The van der Waals surface area contributed by atoms with Crippen molar-refractivity contribution >= 4 is 33.7 Å². The lowest BCUT2D eigenvalue weighted by molar-refractivity contribution is -0.116. The zero-order valence-electron chi connectivity index (χ0n) is 16.6. The summed E-state index contributed by atoms with van der Waals surface area (Å²) >= 11 is 0. The summed E-state index contributed by atoms with van der Waals surface area (Å²) in [5, 5.41) is 2.97. The molecule has 1 fully saturated rings. The Labute approximate surface area is 173 Å². The molecule has 154 valence electrons. The molecule has 0 aliphatic carbocycles. The number of para-hydroxylation sites is 2. The highest BCUT2D eigenvalue weighted by Gasteiger charge is 2.13. The molecule has 1 amide bonds. The van der Waals surface area contributed by atoms with E-state index in [0.29, 0.717) is 12.8 Å². The molecular formula is C22H24N6O2. The number of nitrogens with one attached hydrogen (secondary N) is 3. The van der Waals surface area contributed by atoms with Gasteiger partial charge in [-0.05, 0) is 30.3 Å². The van der Waals surface area contributed by atoms with Gasteiger partial charge < -0.3 is 20.0 Å². The number of fused-ring (bicyclic) bond motifs is 2. The fourth-order valence-electron chi connectivity index (χ4n) is 3.77. The lowest BCUT2D eigenvalue weighted by Crippen LogP contribution is -2.35. The largest absolute Gasteiger partial charge is 0.379 e. The molecule has 0 radical (unpaired) electrons. The van der Waals surface area contributed by atoms with Crippen molar-refractivity contribution < 1.29 is 9.53 Å². The maximum atomic E-state index is 12.4. The van der Waals surface area contributed by atoms with Crippen LogP contribution in [0.3, 0.4) is 0 Å². The molecule has 3 heterocycles. The van der Waals surface area contributed by atoms with Crippen LogP contribution in [0.4, 0.5) is 5.69 Å². The molecule has 2 aromatic heterocycles. The number of H-pyrrole nitrogens is 2. The zero-order valence-corrected chi connectivity index (χ0v) is 16.6. The van der Waals surface area contributed by atoms with Gasteiger partial charge in [-0.25, -0.2) is 9.97 Å². The highest BCUT2D eigenvalue weighted by molar-refractivity contribution is 5.93. The molecule has 0 bridgehead atoms. The number of hydrogen-bond acceptors (Lipinski definition) is 5. The van der Waals surface area contributed by atoms with Crippen molar-refractivity contribution in [3.05, 3.63) is 54.1 Å².